The van der Waals surface area contributed by atoms with Crippen LogP contribution in [0.5, 0.6) is 0 Å². The number of aliphatic hydroxyl groups is 4. The van der Waals surface area contributed by atoms with Gasteiger partial charge in [0.2, 0.25) is 0 Å². The largest absolute Gasteiger partial charge is 0.394 e. The zero-order chi connectivity index (χ0) is 11.3. The van der Waals surface area contributed by atoms with E-state index in [4.69, 9.17) is 26.9 Å². The average Bonchev–Trinajstić information content (AvgIpc) is 2.15. The predicted octanol–water partition coefficient (Wildman–Crippen LogP) is -2.91. The maximum atomic E-state index is 10.6. The molecule has 0 aromatic rings. The van der Waals surface area contributed by atoms with Gasteiger partial charge < -0.3 is 20.4 Å². The van der Waals surface area contributed by atoms with Gasteiger partial charge in [-0.2, -0.15) is 0 Å². The molecule has 0 bridgehead atoms. The fourth-order valence-electron chi connectivity index (χ4n) is 0.783. The van der Waals surface area contributed by atoms with Gasteiger partial charge in [0.05, 0.1) is 6.61 Å². The zero-order valence-corrected chi connectivity index (χ0v) is 7.83. The Morgan fingerprint density at radius 1 is 1.36 bits per heavy atom. The third kappa shape index (κ3) is 3.46. The van der Waals surface area contributed by atoms with Crippen LogP contribution in [0.3, 0.4) is 0 Å². The van der Waals surface area contributed by atoms with Gasteiger partial charge in [-0.15, -0.1) is 0 Å². The lowest BCUT2D eigenvalue weighted by molar-refractivity contribution is -0.150. The summed E-state index contributed by atoms with van der Waals surface area (Å²) in [6.45, 7) is -0.786. The quantitative estimate of drug-likeness (QED) is 0.243. The molecule has 14 heavy (non-hydrogen) atoms. The van der Waals surface area contributed by atoms with Crippen molar-refractivity contribution in [2.75, 3.05) is 6.61 Å². The highest BCUT2D eigenvalue weighted by Crippen LogP contribution is 2.09. The van der Waals surface area contributed by atoms with E-state index in [2.05, 4.69) is 10.7 Å². The van der Waals surface area contributed by atoms with E-state index in [0.29, 0.717) is 0 Å². The Balaban J connectivity index is 4.41. The fraction of sp³-hybridized carbons (Fsp3) is 0.833. The summed E-state index contributed by atoms with van der Waals surface area (Å²) in [7, 11) is 0. The van der Waals surface area contributed by atoms with Gasteiger partial charge in [-0.1, -0.05) is 0 Å². The molecule has 6 N–H and O–H groups in total. The zero-order valence-electron chi connectivity index (χ0n) is 7.08. The topological polar surface area (TPSA) is 133 Å². The van der Waals surface area contributed by atoms with Crippen molar-refractivity contribution >= 4 is 16.8 Å². The highest BCUT2D eigenvalue weighted by Gasteiger charge is 2.35. The molecular formula is C6H12ClNO6. The summed E-state index contributed by atoms with van der Waals surface area (Å²) in [5.41, 5.74) is 0. The van der Waals surface area contributed by atoms with Crippen molar-refractivity contribution in [3.8, 4) is 0 Å². The molecular weight excluding hydrogens is 218 g/mol. The highest BCUT2D eigenvalue weighted by atomic mass is 35.5. The molecule has 84 valence electrons. The summed E-state index contributed by atoms with van der Waals surface area (Å²) >= 11 is 4.97. The molecule has 4 atom stereocenters. The Kier molecular flexibility index (Phi) is 6.12. The van der Waals surface area contributed by atoms with E-state index in [1.165, 1.54) is 0 Å². The summed E-state index contributed by atoms with van der Waals surface area (Å²) in [5.74, 6) is 4.63. The van der Waals surface area contributed by atoms with E-state index >= 15 is 0 Å². The minimum Gasteiger partial charge on any atom is -0.394 e. The Labute approximate surface area is 84.6 Å². The molecule has 0 aromatic heterocycles. The normalized spacial score (nSPS) is 19.9. The lowest BCUT2D eigenvalue weighted by atomic mass is 10.0. The first-order valence-corrected chi connectivity index (χ1v) is 4.03. The summed E-state index contributed by atoms with van der Waals surface area (Å²) in [4.78, 5) is 14.6. The molecule has 0 amide bonds. The molecule has 7 nitrogen and oxygen atoms in total. The number of halogens is 1. The van der Waals surface area contributed by atoms with Crippen LogP contribution in [0.15, 0.2) is 0 Å². The van der Waals surface area contributed by atoms with Crippen LogP contribution in [-0.2, 0) is 9.63 Å². The van der Waals surface area contributed by atoms with Crippen LogP contribution in [0, 0.1) is 0 Å². The van der Waals surface area contributed by atoms with E-state index in [1.54, 1.807) is 0 Å². The number of rotatable bonds is 6. The molecule has 0 aliphatic rings. The molecule has 0 radical (unpaired) electrons. The van der Waals surface area contributed by atoms with E-state index in [0.717, 1.165) is 0 Å². The molecule has 8 heteroatoms. The van der Waals surface area contributed by atoms with Gasteiger partial charge in [0.1, 0.15) is 18.3 Å². The minimum atomic E-state index is -1.81. The third-order valence-corrected chi connectivity index (χ3v) is 1.83. The molecule has 0 rings (SSSR count). The van der Waals surface area contributed by atoms with E-state index in [-0.39, 0.29) is 0 Å². The standard InChI is InChI=1S/C6H12ClNO6/c7-6(13)5(14-8)4(12)3(11)2(10)1-9/h2-5,9-12H,1,8H2/t2-,3-,4+,5-/m1/s1. The van der Waals surface area contributed by atoms with E-state index in [9.17, 15) is 9.90 Å². The molecule has 0 saturated carbocycles. The lowest BCUT2D eigenvalue weighted by Gasteiger charge is -2.24. The first-order chi connectivity index (χ1) is 6.45. The van der Waals surface area contributed by atoms with Crippen molar-refractivity contribution in [2.24, 2.45) is 5.90 Å². The number of nitrogens with two attached hydrogens (primary N) is 1. The summed E-state index contributed by atoms with van der Waals surface area (Å²) < 4.78 is 0. The second-order valence-electron chi connectivity index (χ2n) is 2.59. The van der Waals surface area contributed by atoms with Gasteiger partial charge in [0.15, 0.2) is 6.10 Å². The molecule has 0 heterocycles. The van der Waals surface area contributed by atoms with Crippen LogP contribution in [0.1, 0.15) is 0 Å². The Hall–Kier alpha value is -0.280. The van der Waals surface area contributed by atoms with Crippen molar-refractivity contribution in [1.29, 1.82) is 0 Å². The molecule has 0 aliphatic carbocycles. The SMILES string of the molecule is NO[C@@H](C(=O)Cl)[C@@H](O)[C@H](O)[C@H](O)CO. The molecule has 0 spiro atoms. The van der Waals surface area contributed by atoms with Gasteiger partial charge in [-0.3, -0.25) is 9.63 Å². The van der Waals surface area contributed by atoms with Crippen LogP contribution in [0.4, 0.5) is 0 Å². The van der Waals surface area contributed by atoms with Gasteiger partial charge >= 0.3 is 0 Å². The van der Waals surface area contributed by atoms with Gasteiger partial charge in [0, 0.05) is 0 Å². The van der Waals surface area contributed by atoms with Crippen molar-refractivity contribution in [3.05, 3.63) is 0 Å². The number of aliphatic hydroxyl groups excluding tert-OH is 4. The van der Waals surface area contributed by atoms with E-state index < -0.39 is 36.3 Å². The van der Waals surface area contributed by atoms with Gasteiger partial charge in [-0.05, 0) is 11.6 Å². The van der Waals surface area contributed by atoms with Crippen LogP contribution in [0.25, 0.3) is 0 Å². The number of carbonyl (C=O) groups excluding carboxylic acids is 1. The fourth-order valence-corrected chi connectivity index (χ4v) is 0.963. The minimum absolute atomic E-state index is 0.786. The average molecular weight is 230 g/mol. The lowest BCUT2D eigenvalue weighted by Crippen LogP contribution is -2.49. The molecule has 0 saturated heterocycles. The second-order valence-corrected chi connectivity index (χ2v) is 2.96. The van der Waals surface area contributed by atoms with Crippen molar-refractivity contribution in [3.63, 3.8) is 0 Å². The first-order valence-electron chi connectivity index (χ1n) is 3.65. The van der Waals surface area contributed by atoms with Gasteiger partial charge in [0.25, 0.3) is 5.24 Å². The van der Waals surface area contributed by atoms with E-state index in [1.807, 2.05) is 0 Å². The van der Waals surface area contributed by atoms with Gasteiger partial charge in [-0.25, -0.2) is 5.90 Å². The Morgan fingerprint density at radius 3 is 2.14 bits per heavy atom. The monoisotopic (exact) mass is 229 g/mol. The molecule has 0 fully saturated rings. The maximum Gasteiger partial charge on any atom is 0.255 e. The van der Waals surface area contributed by atoms with Crippen molar-refractivity contribution in [1.82, 2.24) is 0 Å². The maximum absolute atomic E-state index is 10.6. The number of carbonyl (C=O) groups is 1. The summed E-state index contributed by atoms with van der Waals surface area (Å²) in [5, 5.41) is 34.6. The predicted molar refractivity (Wildman–Crippen MR) is 45.0 cm³/mol. The Bertz CT molecular complexity index is 191. The highest BCUT2D eigenvalue weighted by molar-refractivity contribution is 6.64. The molecule has 0 aromatic carbocycles. The van der Waals surface area contributed by atoms with Crippen molar-refractivity contribution in [2.45, 2.75) is 24.4 Å². The number of hydrogen-bond donors (Lipinski definition) is 5. The molecule has 0 aliphatic heterocycles. The van der Waals surface area contributed by atoms with Crippen LogP contribution >= 0.6 is 11.6 Å². The number of hydrogen-bond acceptors (Lipinski definition) is 7. The molecule has 0 unspecified atom stereocenters. The Morgan fingerprint density at radius 2 is 1.86 bits per heavy atom. The third-order valence-electron chi connectivity index (χ3n) is 1.61. The summed E-state index contributed by atoms with van der Waals surface area (Å²) in [6.07, 6.45) is -6.87. The van der Waals surface area contributed by atoms with Crippen LogP contribution in [0.2, 0.25) is 0 Å². The first kappa shape index (κ1) is 13.7. The second kappa shape index (κ2) is 6.25. The van der Waals surface area contributed by atoms with Crippen LogP contribution < -0.4 is 5.90 Å². The summed E-state index contributed by atoms with van der Waals surface area (Å²) in [6, 6.07) is 0. The smallest absolute Gasteiger partial charge is 0.255 e. The van der Waals surface area contributed by atoms with Crippen LogP contribution in [-0.4, -0.2) is 56.7 Å². The van der Waals surface area contributed by atoms with Crippen molar-refractivity contribution < 1.29 is 30.1 Å².